The molecule has 19 heavy (non-hydrogen) atoms. The second-order valence-electron chi connectivity index (χ2n) is 4.18. The minimum Gasteiger partial charge on any atom is -0.481 e. The Morgan fingerprint density at radius 2 is 2.32 bits per heavy atom. The van der Waals surface area contributed by atoms with Crippen molar-refractivity contribution >= 4 is 23.4 Å². The third-order valence-corrected chi connectivity index (χ3v) is 3.11. The molecule has 3 heterocycles. The molecule has 0 radical (unpaired) electrons. The highest BCUT2D eigenvalue weighted by Crippen LogP contribution is 2.18. The van der Waals surface area contributed by atoms with Crippen molar-refractivity contribution in [2.24, 2.45) is 0 Å². The average molecular weight is 276 g/mol. The fourth-order valence-electron chi connectivity index (χ4n) is 1.92. The second kappa shape index (κ2) is 4.51. The SMILES string of the molecule is COc1ccc2[nH]c(=S)n(Cc3cc(C)no3)c2n1. The number of ether oxygens (including phenoxy) is 1. The van der Waals surface area contributed by atoms with E-state index in [2.05, 4.69) is 15.1 Å². The number of imidazole rings is 1. The topological polar surface area (TPSA) is 68.9 Å². The molecular formula is C12H12N4O2S. The predicted octanol–water partition coefficient (Wildman–Crippen LogP) is 2.45. The van der Waals surface area contributed by atoms with E-state index in [0.29, 0.717) is 17.2 Å². The number of aryl methyl sites for hydroxylation is 1. The maximum atomic E-state index is 5.30. The van der Waals surface area contributed by atoms with Gasteiger partial charge < -0.3 is 14.2 Å². The fourth-order valence-corrected chi connectivity index (χ4v) is 2.18. The van der Waals surface area contributed by atoms with Crippen molar-refractivity contribution < 1.29 is 9.26 Å². The van der Waals surface area contributed by atoms with Gasteiger partial charge in [-0.05, 0) is 25.2 Å². The summed E-state index contributed by atoms with van der Waals surface area (Å²) < 4.78 is 12.8. The molecule has 1 N–H and O–H groups in total. The molecule has 0 aliphatic carbocycles. The van der Waals surface area contributed by atoms with E-state index < -0.39 is 0 Å². The molecule has 0 fully saturated rings. The second-order valence-corrected chi connectivity index (χ2v) is 4.56. The molecule has 0 unspecified atom stereocenters. The summed E-state index contributed by atoms with van der Waals surface area (Å²) in [5.41, 5.74) is 2.44. The zero-order valence-electron chi connectivity index (χ0n) is 10.5. The predicted molar refractivity (Wildman–Crippen MR) is 71.8 cm³/mol. The lowest BCUT2D eigenvalue weighted by Crippen LogP contribution is -2.00. The lowest BCUT2D eigenvalue weighted by atomic mass is 10.4. The van der Waals surface area contributed by atoms with Crippen LogP contribution in [0.3, 0.4) is 0 Å². The molecule has 0 aliphatic rings. The monoisotopic (exact) mass is 276 g/mol. The lowest BCUT2D eigenvalue weighted by Gasteiger charge is -2.02. The van der Waals surface area contributed by atoms with Crippen LogP contribution in [0, 0.1) is 11.7 Å². The molecule has 0 aromatic carbocycles. The third-order valence-electron chi connectivity index (χ3n) is 2.79. The van der Waals surface area contributed by atoms with Crippen LogP contribution in [-0.4, -0.2) is 26.8 Å². The first-order valence-electron chi connectivity index (χ1n) is 5.73. The van der Waals surface area contributed by atoms with E-state index in [1.165, 1.54) is 0 Å². The van der Waals surface area contributed by atoms with E-state index in [4.69, 9.17) is 21.5 Å². The zero-order chi connectivity index (χ0) is 13.4. The zero-order valence-corrected chi connectivity index (χ0v) is 11.3. The Morgan fingerprint density at radius 3 is 3.00 bits per heavy atom. The Balaban J connectivity index is 2.11. The standard InChI is InChI=1S/C12H12N4O2S/c1-7-5-8(18-15-7)6-16-11-9(13-12(16)19)3-4-10(14-11)17-2/h3-5H,6H2,1-2H3,(H,13,19). The molecule has 0 atom stereocenters. The first-order chi connectivity index (χ1) is 9.17. The van der Waals surface area contributed by atoms with Gasteiger partial charge in [0.25, 0.3) is 0 Å². The highest BCUT2D eigenvalue weighted by Gasteiger charge is 2.10. The third kappa shape index (κ3) is 2.12. The smallest absolute Gasteiger partial charge is 0.215 e. The van der Waals surface area contributed by atoms with Crippen molar-refractivity contribution in [3.8, 4) is 5.88 Å². The number of hydrogen-bond donors (Lipinski definition) is 1. The molecular weight excluding hydrogens is 264 g/mol. The summed E-state index contributed by atoms with van der Waals surface area (Å²) >= 11 is 5.30. The van der Waals surface area contributed by atoms with E-state index in [9.17, 15) is 0 Å². The molecule has 0 saturated heterocycles. The highest BCUT2D eigenvalue weighted by molar-refractivity contribution is 7.71. The van der Waals surface area contributed by atoms with E-state index in [1.54, 1.807) is 13.2 Å². The van der Waals surface area contributed by atoms with E-state index >= 15 is 0 Å². The minimum atomic E-state index is 0.486. The number of fused-ring (bicyclic) bond motifs is 1. The maximum absolute atomic E-state index is 5.30. The number of hydrogen-bond acceptors (Lipinski definition) is 5. The summed E-state index contributed by atoms with van der Waals surface area (Å²) in [6, 6.07) is 5.55. The van der Waals surface area contributed by atoms with Crippen LogP contribution in [0.4, 0.5) is 0 Å². The first kappa shape index (κ1) is 11.9. The van der Waals surface area contributed by atoms with Gasteiger partial charge in [-0.15, -0.1) is 0 Å². The molecule has 3 aromatic rings. The van der Waals surface area contributed by atoms with Crippen LogP contribution in [0.5, 0.6) is 5.88 Å². The summed E-state index contributed by atoms with van der Waals surface area (Å²) in [6.07, 6.45) is 0. The van der Waals surface area contributed by atoms with Gasteiger partial charge in [-0.2, -0.15) is 4.98 Å². The number of H-pyrrole nitrogens is 1. The number of aromatic amines is 1. The summed E-state index contributed by atoms with van der Waals surface area (Å²) in [6.45, 7) is 2.36. The summed E-state index contributed by atoms with van der Waals surface area (Å²) in [7, 11) is 1.58. The van der Waals surface area contributed by atoms with Gasteiger partial charge in [0.15, 0.2) is 16.2 Å². The molecule has 6 nitrogen and oxygen atoms in total. The largest absolute Gasteiger partial charge is 0.481 e. The van der Waals surface area contributed by atoms with Gasteiger partial charge in [-0.25, -0.2) is 0 Å². The van der Waals surface area contributed by atoms with E-state index in [-0.39, 0.29) is 0 Å². The van der Waals surface area contributed by atoms with Crippen LogP contribution >= 0.6 is 12.2 Å². The normalized spacial score (nSPS) is 11.1. The van der Waals surface area contributed by atoms with E-state index in [1.807, 2.05) is 23.6 Å². The van der Waals surface area contributed by atoms with Gasteiger partial charge in [-0.1, -0.05) is 5.16 Å². The molecule has 98 valence electrons. The Kier molecular flexibility index (Phi) is 2.83. The lowest BCUT2D eigenvalue weighted by molar-refractivity contribution is 0.373. The van der Waals surface area contributed by atoms with Crippen LogP contribution in [0.2, 0.25) is 0 Å². The number of rotatable bonds is 3. The summed E-state index contributed by atoms with van der Waals surface area (Å²) in [4.78, 5) is 7.50. The van der Waals surface area contributed by atoms with Gasteiger partial charge in [0.2, 0.25) is 5.88 Å². The molecule has 7 heteroatoms. The Bertz CT molecular complexity index is 786. The average Bonchev–Trinajstić information content (AvgIpc) is 2.94. The quantitative estimate of drug-likeness (QED) is 0.744. The van der Waals surface area contributed by atoms with Crippen molar-refractivity contribution in [2.75, 3.05) is 7.11 Å². The minimum absolute atomic E-state index is 0.486. The van der Waals surface area contributed by atoms with Crippen molar-refractivity contribution in [2.45, 2.75) is 13.5 Å². The summed E-state index contributed by atoms with van der Waals surface area (Å²) in [5.74, 6) is 1.28. The molecule has 0 aliphatic heterocycles. The van der Waals surface area contributed by atoms with Gasteiger partial charge in [0.1, 0.15) is 0 Å². The molecule has 0 saturated carbocycles. The summed E-state index contributed by atoms with van der Waals surface area (Å²) in [5, 5.41) is 3.86. The Hall–Kier alpha value is -2.15. The number of nitrogens with one attached hydrogen (secondary N) is 1. The first-order valence-corrected chi connectivity index (χ1v) is 6.14. The maximum Gasteiger partial charge on any atom is 0.215 e. The highest BCUT2D eigenvalue weighted by atomic mass is 32.1. The number of pyridine rings is 1. The Labute approximate surface area is 114 Å². The molecule has 3 rings (SSSR count). The van der Waals surface area contributed by atoms with Crippen molar-refractivity contribution in [3.63, 3.8) is 0 Å². The van der Waals surface area contributed by atoms with Crippen LogP contribution < -0.4 is 4.74 Å². The molecule has 0 bridgehead atoms. The van der Waals surface area contributed by atoms with Crippen molar-refractivity contribution in [3.05, 3.63) is 34.4 Å². The Morgan fingerprint density at radius 1 is 1.47 bits per heavy atom. The van der Waals surface area contributed by atoms with Crippen LogP contribution in [-0.2, 0) is 6.54 Å². The fraction of sp³-hybridized carbons (Fsp3) is 0.250. The number of methoxy groups -OCH3 is 1. The van der Waals surface area contributed by atoms with Crippen LogP contribution in [0.1, 0.15) is 11.5 Å². The van der Waals surface area contributed by atoms with Gasteiger partial charge in [0, 0.05) is 12.1 Å². The molecule has 0 amide bonds. The number of aromatic nitrogens is 4. The van der Waals surface area contributed by atoms with Crippen molar-refractivity contribution in [1.82, 2.24) is 19.7 Å². The van der Waals surface area contributed by atoms with Gasteiger partial charge in [-0.3, -0.25) is 4.57 Å². The van der Waals surface area contributed by atoms with Gasteiger partial charge in [0.05, 0.1) is 24.9 Å². The van der Waals surface area contributed by atoms with E-state index in [0.717, 1.165) is 22.6 Å². The van der Waals surface area contributed by atoms with Gasteiger partial charge >= 0.3 is 0 Å². The van der Waals surface area contributed by atoms with Crippen molar-refractivity contribution in [1.29, 1.82) is 0 Å². The van der Waals surface area contributed by atoms with Crippen LogP contribution in [0.15, 0.2) is 22.7 Å². The molecule has 0 spiro atoms. The molecule has 3 aromatic heterocycles. The number of nitrogens with zero attached hydrogens (tertiary/aromatic N) is 3. The van der Waals surface area contributed by atoms with Crippen LogP contribution in [0.25, 0.3) is 11.2 Å².